The van der Waals surface area contributed by atoms with Crippen molar-refractivity contribution in [2.45, 2.75) is 31.7 Å². The predicted molar refractivity (Wildman–Crippen MR) is 62.8 cm³/mol. The topological polar surface area (TPSA) is 78.4 Å². The number of rotatable bonds is 4. The van der Waals surface area contributed by atoms with E-state index in [1.165, 1.54) is 0 Å². The highest BCUT2D eigenvalue weighted by Gasteiger charge is 2.39. The minimum absolute atomic E-state index is 0.00338. The molecule has 96 valence electrons. The van der Waals surface area contributed by atoms with E-state index in [0.29, 0.717) is 0 Å². The summed E-state index contributed by atoms with van der Waals surface area (Å²) in [7, 11) is 0. The van der Waals surface area contributed by atoms with E-state index < -0.39 is 11.9 Å². The normalized spacial score (nSPS) is 27.9. The number of ketones is 1. The number of carbonyl (C=O) groups excluding carboxylic acids is 1. The summed E-state index contributed by atoms with van der Waals surface area (Å²) in [6, 6.07) is -0.231. The van der Waals surface area contributed by atoms with Crippen molar-refractivity contribution in [3.05, 3.63) is 0 Å². The van der Waals surface area contributed by atoms with Crippen molar-refractivity contribution in [3.63, 3.8) is 0 Å². The molecule has 0 amide bonds. The molecule has 5 heteroatoms. The van der Waals surface area contributed by atoms with Gasteiger partial charge in [-0.15, -0.1) is 0 Å². The Kier molecular flexibility index (Phi) is 4.12. The van der Waals surface area contributed by atoms with Gasteiger partial charge in [-0.1, -0.05) is 0 Å². The quantitative estimate of drug-likeness (QED) is 0.603. The van der Waals surface area contributed by atoms with Gasteiger partial charge in [0.1, 0.15) is 5.92 Å². The van der Waals surface area contributed by atoms with E-state index in [-0.39, 0.29) is 17.7 Å². The van der Waals surface area contributed by atoms with Gasteiger partial charge in [0.05, 0.1) is 6.04 Å². The average Bonchev–Trinajstić information content (AvgIpc) is 2.83. The number of hydrogen-bond acceptors (Lipinski definition) is 4. The van der Waals surface area contributed by atoms with Crippen molar-refractivity contribution in [2.24, 2.45) is 11.8 Å². The molecule has 0 aromatic carbocycles. The Morgan fingerprint density at radius 3 is 2.35 bits per heavy atom. The third kappa shape index (κ3) is 2.84. The molecule has 2 aliphatic rings. The fourth-order valence-electron chi connectivity index (χ4n) is 2.88. The van der Waals surface area contributed by atoms with E-state index in [1.54, 1.807) is 0 Å². The number of hydrogen-bond donors (Lipinski definition) is 3. The lowest BCUT2D eigenvalue weighted by Gasteiger charge is -2.28. The number of Topliss-reactive ketones (excluding diaryl/α,β-unsaturated/α-hetero) is 1. The number of carbonyl (C=O) groups is 2. The fraction of sp³-hybridized carbons (Fsp3) is 0.833. The van der Waals surface area contributed by atoms with Crippen molar-refractivity contribution in [1.29, 1.82) is 0 Å². The Hall–Kier alpha value is -0.940. The van der Waals surface area contributed by atoms with Crippen LogP contribution in [0.4, 0.5) is 0 Å². The second-order valence-electron chi connectivity index (χ2n) is 4.95. The van der Waals surface area contributed by atoms with Gasteiger partial charge in [0.15, 0.2) is 5.78 Å². The maximum absolute atomic E-state index is 12.2. The maximum Gasteiger partial charge on any atom is 0.314 e. The van der Waals surface area contributed by atoms with Crippen LogP contribution in [0.15, 0.2) is 0 Å². The van der Waals surface area contributed by atoms with Crippen molar-refractivity contribution in [1.82, 2.24) is 10.6 Å². The van der Waals surface area contributed by atoms with Crippen LogP contribution in [0.3, 0.4) is 0 Å². The van der Waals surface area contributed by atoms with E-state index in [2.05, 4.69) is 10.6 Å². The van der Waals surface area contributed by atoms with Gasteiger partial charge in [-0.25, -0.2) is 0 Å². The van der Waals surface area contributed by atoms with Crippen molar-refractivity contribution >= 4 is 11.8 Å². The summed E-state index contributed by atoms with van der Waals surface area (Å²) in [5.74, 6) is -1.87. The predicted octanol–water partition coefficient (Wildman–Crippen LogP) is 0.00790. The number of piperidine rings is 1. The first-order valence-corrected chi connectivity index (χ1v) is 6.41. The molecule has 0 spiro atoms. The number of carboxylic acid groups (broad SMARTS) is 1. The molecular formula is C12H20N2O3. The first-order chi connectivity index (χ1) is 8.20. The Balaban J connectivity index is 2.04. The molecule has 0 bridgehead atoms. The lowest BCUT2D eigenvalue weighted by Crippen LogP contribution is -2.45. The average molecular weight is 240 g/mol. The van der Waals surface area contributed by atoms with Crippen LogP contribution in [0.1, 0.15) is 25.7 Å². The van der Waals surface area contributed by atoms with Crippen molar-refractivity contribution in [2.75, 3.05) is 19.6 Å². The van der Waals surface area contributed by atoms with Gasteiger partial charge in [0.2, 0.25) is 0 Å². The summed E-state index contributed by atoms with van der Waals surface area (Å²) in [4.78, 5) is 23.6. The van der Waals surface area contributed by atoms with Gasteiger partial charge in [-0.3, -0.25) is 9.59 Å². The number of carboxylic acids is 1. The monoisotopic (exact) mass is 240 g/mol. The van der Waals surface area contributed by atoms with Crippen LogP contribution in [0.25, 0.3) is 0 Å². The highest BCUT2D eigenvalue weighted by Crippen LogP contribution is 2.25. The van der Waals surface area contributed by atoms with E-state index in [0.717, 1.165) is 45.3 Å². The minimum Gasteiger partial charge on any atom is -0.481 e. The standard InChI is InChI=1S/C12H20N2O3/c15-11(9-2-1-5-14-9)10(12(16)17)8-3-6-13-7-4-8/h8-10,13-14H,1-7H2,(H,16,17)/t9-,10?/m0/s1. The first kappa shape index (κ1) is 12.5. The van der Waals surface area contributed by atoms with Crippen LogP contribution in [-0.4, -0.2) is 42.5 Å². The van der Waals surface area contributed by atoms with Crippen LogP contribution in [-0.2, 0) is 9.59 Å². The van der Waals surface area contributed by atoms with Gasteiger partial charge >= 0.3 is 5.97 Å². The first-order valence-electron chi connectivity index (χ1n) is 6.41. The van der Waals surface area contributed by atoms with Crippen molar-refractivity contribution in [3.8, 4) is 0 Å². The van der Waals surface area contributed by atoms with Gasteiger partial charge in [-0.2, -0.15) is 0 Å². The van der Waals surface area contributed by atoms with Crippen LogP contribution >= 0.6 is 0 Å². The van der Waals surface area contributed by atoms with Gasteiger partial charge in [0, 0.05) is 0 Å². The molecule has 2 fully saturated rings. The Bertz CT molecular complexity index is 294. The molecule has 2 heterocycles. The van der Waals surface area contributed by atoms with E-state index >= 15 is 0 Å². The van der Waals surface area contributed by atoms with Crippen LogP contribution in [0.2, 0.25) is 0 Å². The molecule has 0 aliphatic carbocycles. The molecule has 0 aromatic heterocycles. The molecule has 2 rings (SSSR count). The summed E-state index contributed by atoms with van der Waals surface area (Å²) in [6.07, 6.45) is 3.33. The Labute approximate surface area is 101 Å². The molecule has 0 saturated carbocycles. The molecule has 0 radical (unpaired) electrons. The third-order valence-electron chi connectivity index (χ3n) is 3.83. The van der Waals surface area contributed by atoms with Gasteiger partial charge in [0.25, 0.3) is 0 Å². The maximum atomic E-state index is 12.2. The van der Waals surface area contributed by atoms with Crippen LogP contribution < -0.4 is 10.6 Å². The van der Waals surface area contributed by atoms with Crippen LogP contribution in [0, 0.1) is 11.8 Å². The fourth-order valence-corrected chi connectivity index (χ4v) is 2.88. The largest absolute Gasteiger partial charge is 0.481 e. The zero-order valence-corrected chi connectivity index (χ0v) is 9.95. The van der Waals surface area contributed by atoms with Gasteiger partial charge in [-0.05, 0) is 51.2 Å². The van der Waals surface area contributed by atoms with Gasteiger partial charge < -0.3 is 15.7 Å². The molecule has 3 N–H and O–H groups in total. The molecular weight excluding hydrogens is 220 g/mol. The second kappa shape index (κ2) is 5.60. The Morgan fingerprint density at radius 2 is 1.82 bits per heavy atom. The van der Waals surface area contributed by atoms with Crippen LogP contribution in [0.5, 0.6) is 0 Å². The number of nitrogens with one attached hydrogen (secondary N) is 2. The molecule has 2 saturated heterocycles. The molecule has 1 unspecified atom stereocenters. The molecule has 0 aromatic rings. The smallest absolute Gasteiger partial charge is 0.314 e. The summed E-state index contributed by atoms with van der Waals surface area (Å²) in [6.45, 7) is 2.47. The lowest BCUT2D eigenvalue weighted by molar-refractivity contribution is -0.149. The van der Waals surface area contributed by atoms with Crippen molar-refractivity contribution < 1.29 is 14.7 Å². The third-order valence-corrected chi connectivity index (χ3v) is 3.83. The highest BCUT2D eigenvalue weighted by molar-refractivity contribution is 6.01. The summed E-state index contributed by atoms with van der Waals surface area (Å²) in [5, 5.41) is 15.6. The lowest BCUT2D eigenvalue weighted by atomic mass is 9.80. The zero-order valence-electron chi connectivity index (χ0n) is 9.95. The SMILES string of the molecule is O=C(O)C(C(=O)[C@@H]1CCCN1)C1CCNCC1. The highest BCUT2D eigenvalue weighted by atomic mass is 16.4. The van der Waals surface area contributed by atoms with E-state index in [4.69, 9.17) is 0 Å². The zero-order chi connectivity index (χ0) is 12.3. The Morgan fingerprint density at radius 1 is 1.12 bits per heavy atom. The van der Waals surface area contributed by atoms with E-state index in [1.807, 2.05) is 0 Å². The minimum atomic E-state index is -0.949. The second-order valence-corrected chi connectivity index (χ2v) is 4.95. The summed E-state index contributed by atoms with van der Waals surface area (Å²) >= 11 is 0. The van der Waals surface area contributed by atoms with E-state index in [9.17, 15) is 14.7 Å². The summed E-state index contributed by atoms with van der Waals surface area (Å²) < 4.78 is 0. The molecule has 5 nitrogen and oxygen atoms in total. The summed E-state index contributed by atoms with van der Waals surface area (Å²) in [5.41, 5.74) is 0. The molecule has 17 heavy (non-hydrogen) atoms. The molecule has 2 atom stereocenters. The molecule has 2 aliphatic heterocycles. The number of aliphatic carboxylic acids is 1.